The molecule has 0 saturated heterocycles. The molecule has 1 heterocycles. The summed E-state index contributed by atoms with van der Waals surface area (Å²) in [5.74, 6) is -0.955. The molecule has 0 aliphatic rings. The van der Waals surface area contributed by atoms with Crippen LogP contribution in [0.4, 0.5) is 10.7 Å². The molecule has 1 aromatic heterocycles. The molecule has 0 saturated carbocycles. The Labute approximate surface area is 160 Å². The van der Waals surface area contributed by atoms with E-state index in [9.17, 15) is 14.4 Å². The molecule has 6 nitrogen and oxygen atoms in total. The van der Waals surface area contributed by atoms with Gasteiger partial charge in [-0.1, -0.05) is 11.6 Å². The smallest absolute Gasteiger partial charge is 0.341 e. The fourth-order valence-electron chi connectivity index (χ4n) is 2.32. The Kier molecular flexibility index (Phi) is 6.76. The first-order chi connectivity index (χ1) is 12.3. The molecule has 2 rings (SSSR count). The number of hydrogen-bond acceptors (Lipinski definition) is 6. The average molecular weight is 395 g/mol. The summed E-state index contributed by atoms with van der Waals surface area (Å²) in [5.41, 5.74) is 1.46. The normalized spacial score (nSPS) is 10.3. The number of rotatable bonds is 7. The Bertz CT molecular complexity index is 830. The zero-order valence-corrected chi connectivity index (χ0v) is 16.2. The second-order valence-corrected chi connectivity index (χ2v) is 6.90. The van der Waals surface area contributed by atoms with Crippen LogP contribution in [0.1, 0.15) is 39.4 Å². The van der Waals surface area contributed by atoms with Crippen molar-refractivity contribution in [1.82, 2.24) is 0 Å². The third-order valence-electron chi connectivity index (χ3n) is 3.48. The minimum Gasteiger partial charge on any atom is -0.462 e. The SMILES string of the molecule is CCOC(=O)c1c(NCC(=O)Nc2ccc(Cl)cc2)sc(C(C)=O)c1C. The van der Waals surface area contributed by atoms with Gasteiger partial charge in [0, 0.05) is 10.7 Å². The fourth-order valence-corrected chi connectivity index (χ4v) is 3.53. The molecule has 0 radical (unpaired) electrons. The van der Waals surface area contributed by atoms with Crippen LogP contribution in [0.15, 0.2) is 24.3 Å². The van der Waals surface area contributed by atoms with E-state index in [1.54, 1.807) is 38.1 Å². The van der Waals surface area contributed by atoms with Crippen molar-refractivity contribution in [3.05, 3.63) is 45.3 Å². The van der Waals surface area contributed by atoms with Gasteiger partial charge in [-0.2, -0.15) is 0 Å². The highest BCUT2D eigenvalue weighted by Gasteiger charge is 2.24. The Morgan fingerprint density at radius 1 is 1.19 bits per heavy atom. The molecule has 2 aromatic rings. The van der Waals surface area contributed by atoms with Crippen molar-refractivity contribution < 1.29 is 19.1 Å². The predicted octanol–water partition coefficient (Wildman–Crippen LogP) is 4.14. The topological polar surface area (TPSA) is 84.5 Å². The Morgan fingerprint density at radius 3 is 2.42 bits per heavy atom. The Hall–Kier alpha value is -2.38. The summed E-state index contributed by atoms with van der Waals surface area (Å²) in [4.78, 5) is 36.6. The summed E-state index contributed by atoms with van der Waals surface area (Å²) in [5, 5.41) is 6.66. The van der Waals surface area contributed by atoms with E-state index in [2.05, 4.69) is 10.6 Å². The van der Waals surface area contributed by atoms with Crippen molar-refractivity contribution in [2.75, 3.05) is 23.8 Å². The van der Waals surface area contributed by atoms with E-state index >= 15 is 0 Å². The van der Waals surface area contributed by atoms with E-state index in [0.29, 0.717) is 31.7 Å². The van der Waals surface area contributed by atoms with Gasteiger partial charge in [-0.15, -0.1) is 11.3 Å². The van der Waals surface area contributed by atoms with Crippen molar-refractivity contribution in [2.24, 2.45) is 0 Å². The van der Waals surface area contributed by atoms with Crippen LogP contribution in [-0.4, -0.2) is 30.8 Å². The number of hydrogen-bond donors (Lipinski definition) is 2. The first kappa shape index (κ1) is 19.9. The third kappa shape index (κ3) is 4.83. The Balaban J connectivity index is 2.13. The molecule has 0 aliphatic heterocycles. The van der Waals surface area contributed by atoms with E-state index in [-0.39, 0.29) is 24.8 Å². The largest absolute Gasteiger partial charge is 0.462 e. The lowest BCUT2D eigenvalue weighted by molar-refractivity contribution is -0.114. The van der Waals surface area contributed by atoms with Crippen molar-refractivity contribution in [3.63, 3.8) is 0 Å². The van der Waals surface area contributed by atoms with Gasteiger partial charge < -0.3 is 15.4 Å². The number of benzene rings is 1. The van der Waals surface area contributed by atoms with Gasteiger partial charge in [-0.25, -0.2) is 4.79 Å². The average Bonchev–Trinajstić information content (AvgIpc) is 2.92. The van der Waals surface area contributed by atoms with E-state index in [1.807, 2.05) is 0 Å². The number of carbonyl (C=O) groups is 3. The maximum absolute atomic E-state index is 12.2. The van der Waals surface area contributed by atoms with Crippen molar-refractivity contribution in [3.8, 4) is 0 Å². The summed E-state index contributed by atoms with van der Waals surface area (Å²) in [6.07, 6.45) is 0. The zero-order valence-electron chi connectivity index (χ0n) is 14.6. The summed E-state index contributed by atoms with van der Waals surface area (Å²) >= 11 is 6.95. The molecule has 2 N–H and O–H groups in total. The number of halogens is 1. The first-order valence-corrected chi connectivity index (χ1v) is 9.13. The van der Waals surface area contributed by atoms with Gasteiger partial charge in [0.05, 0.1) is 23.6 Å². The van der Waals surface area contributed by atoms with Crippen LogP contribution in [-0.2, 0) is 9.53 Å². The second-order valence-electron chi connectivity index (χ2n) is 5.45. The van der Waals surface area contributed by atoms with Crippen molar-refractivity contribution in [2.45, 2.75) is 20.8 Å². The number of anilines is 2. The monoisotopic (exact) mass is 394 g/mol. The van der Waals surface area contributed by atoms with Gasteiger partial charge >= 0.3 is 5.97 Å². The molecule has 138 valence electrons. The molecular formula is C18H19ClN2O4S. The van der Waals surface area contributed by atoms with Gasteiger partial charge in [-0.3, -0.25) is 9.59 Å². The maximum atomic E-state index is 12.2. The third-order valence-corrected chi connectivity index (χ3v) is 5.09. The Morgan fingerprint density at radius 2 is 1.85 bits per heavy atom. The lowest BCUT2D eigenvalue weighted by Gasteiger charge is -2.09. The van der Waals surface area contributed by atoms with Gasteiger partial charge in [-0.05, 0) is 50.6 Å². The van der Waals surface area contributed by atoms with Crippen LogP contribution in [0.25, 0.3) is 0 Å². The van der Waals surface area contributed by atoms with Crippen molar-refractivity contribution >= 4 is 51.3 Å². The maximum Gasteiger partial charge on any atom is 0.341 e. The first-order valence-electron chi connectivity index (χ1n) is 7.94. The number of ketones is 1. The van der Waals surface area contributed by atoms with Crippen LogP contribution in [0.2, 0.25) is 5.02 Å². The van der Waals surface area contributed by atoms with Gasteiger partial charge in [0.1, 0.15) is 5.00 Å². The van der Waals surface area contributed by atoms with Crippen LogP contribution in [0.3, 0.4) is 0 Å². The molecule has 0 unspecified atom stereocenters. The zero-order chi connectivity index (χ0) is 19.3. The highest BCUT2D eigenvalue weighted by molar-refractivity contribution is 7.18. The molecule has 8 heteroatoms. The number of carbonyl (C=O) groups excluding carboxylic acids is 3. The second kappa shape index (κ2) is 8.82. The van der Waals surface area contributed by atoms with E-state index < -0.39 is 5.97 Å². The number of nitrogens with one attached hydrogen (secondary N) is 2. The van der Waals surface area contributed by atoms with Crippen LogP contribution in [0.5, 0.6) is 0 Å². The molecule has 1 aromatic carbocycles. The quantitative estimate of drug-likeness (QED) is 0.544. The van der Waals surface area contributed by atoms with E-state index in [1.165, 1.54) is 6.92 Å². The molecular weight excluding hydrogens is 376 g/mol. The standard InChI is InChI=1S/C18H19ClN2O4S/c1-4-25-18(24)15-10(2)16(11(3)22)26-17(15)20-9-14(23)21-13-7-5-12(19)6-8-13/h5-8,20H,4,9H2,1-3H3,(H,21,23). The van der Waals surface area contributed by atoms with Crippen LogP contribution >= 0.6 is 22.9 Å². The lowest BCUT2D eigenvalue weighted by Crippen LogP contribution is -2.22. The molecule has 1 amide bonds. The minimum atomic E-state index is -0.519. The number of Topliss-reactive ketones (excluding diaryl/α,β-unsaturated/α-hetero) is 1. The minimum absolute atomic E-state index is 0.0632. The molecule has 0 atom stereocenters. The number of esters is 1. The van der Waals surface area contributed by atoms with E-state index in [0.717, 1.165) is 11.3 Å². The molecule has 0 aliphatic carbocycles. The summed E-state index contributed by atoms with van der Waals surface area (Å²) in [7, 11) is 0. The lowest BCUT2D eigenvalue weighted by atomic mass is 10.1. The molecule has 26 heavy (non-hydrogen) atoms. The molecule has 0 bridgehead atoms. The predicted molar refractivity (Wildman–Crippen MR) is 104 cm³/mol. The van der Waals surface area contributed by atoms with Crippen LogP contribution < -0.4 is 10.6 Å². The van der Waals surface area contributed by atoms with Crippen LogP contribution in [0, 0.1) is 6.92 Å². The number of ether oxygens (including phenoxy) is 1. The van der Waals surface area contributed by atoms with Gasteiger partial charge in [0.25, 0.3) is 0 Å². The van der Waals surface area contributed by atoms with Crippen molar-refractivity contribution in [1.29, 1.82) is 0 Å². The molecule has 0 spiro atoms. The highest BCUT2D eigenvalue weighted by atomic mass is 35.5. The highest BCUT2D eigenvalue weighted by Crippen LogP contribution is 2.34. The number of amides is 1. The van der Waals surface area contributed by atoms with Gasteiger partial charge in [0.15, 0.2) is 5.78 Å². The molecule has 0 fully saturated rings. The summed E-state index contributed by atoms with van der Waals surface area (Å²) in [6.45, 7) is 4.99. The summed E-state index contributed by atoms with van der Waals surface area (Å²) < 4.78 is 5.06. The fraction of sp³-hybridized carbons (Fsp3) is 0.278. The summed E-state index contributed by atoms with van der Waals surface area (Å²) in [6, 6.07) is 6.72. The van der Waals surface area contributed by atoms with E-state index in [4.69, 9.17) is 16.3 Å². The van der Waals surface area contributed by atoms with Gasteiger partial charge in [0.2, 0.25) is 5.91 Å². The number of thiophene rings is 1.